The van der Waals surface area contributed by atoms with Crippen molar-refractivity contribution in [2.75, 3.05) is 18.8 Å². The first kappa shape index (κ1) is 12.8. The standard InChI is InChI=1S/C13H17F2NS/c14-12-4-3-11(8-13(12)15)17-7-5-10-2-1-6-16-9-10/h3-4,8,10,16H,1-2,5-7,9H2. The molecule has 1 aliphatic rings. The lowest BCUT2D eigenvalue weighted by Crippen LogP contribution is -2.29. The summed E-state index contributed by atoms with van der Waals surface area (Å²) in [5.74, 6) is 0.180. The predicted molar refractivity (Wildman–Crippen MR) is 67.3 cm³/mol. The molecule has 0 radical (unpaired) electrons. The second-order valence-corrected chi connectivity index (χ2v) is 5.59. The number of thioether (sulfide) groups is 1. The van der Waals surface area contributed by atoms with Crippen LogP contribution in [0.25, 0.3) is 0 Å². The van der Waals surface area contributed by atoms with Gasteiger partial charge in [-0.1, -0.05) is 0 Å². The Morgan fingerprint density at radius 2 is 2.18 bits per heavy atom. The number of hydrogen-bond acceptors (Lipinski definition) is 2. The van der Waals surface area contributed by atoms with E-state index in [1.807, 2.05) is 0 Å². The zero-order valence-electron chi connectivity index (χ0n) is 9.72. The Morgan fingerprint density at radius 3 is 2.88 bits per heavy atom. The van der Waals surface area contributed by atoms with E-state index in [1.54, 1.807) is 17.8 Å². The molecule has 1 N–H and O–H groups in total. The second kappa shape index (κ2) is 6.36. The molecule has 17 heavy (non-hydrogen) atoms. The second-order valence-electron chi connectivity index (χ2n) is 4.43. The minimum Gasteiger partial charge on any atom is -0.316 e. The Hall–Kier alpha value is -0.610. The Balaban J connectivity index is 1.75. The van der Waals surface area contributed by atoms with Gasteiger partial charge >= 0.3 is 0 Å². The SMILES string of the molecule is Fc1ccc(SCCC2CCCNC2)cc1F. The third-order valence-corrected chi connectivity index (χ3v) is 4.11. The van der Waals surface area contributed by atoms with Gasteiger partial charge in [-0.3, -0.25) is 0 Å². The van der Waals surface area contributed by atoms with Crippen LogP contribution in [-0.2, 0) is 0 Å². The van der Waals surface area contributed by atoms with Crippen molar-refractivity contribution >= 4 is 11.8 Å². The van der Waals surface area contributed by atoms with Gasteiger partial charge in [0.05, 0.1) is 0 Å². The number of benzene rings is 1. The summed E-state index contributed by atoms with van der Waals surface area (Å²) in [6.45, 7) is 2.23. The third kappa shape index (κ3) is 3.96. The molecule has 4 heteroatoms. The van der Waals surface area contributed by atoms with Crippen molar-refractivity contribution in [2.45, 2.75) is 24.2 Å². The molecule has 1 aliphatic heterocycles. The molecular weight excluding hydrogens is 240 g/mol. The quantitative estimate of drug-likeness (QED) is 0.829. The highest BCUT2D eigenvalue weighted by molar-refractivity contribution is 7.99. The van der Waals surface area contributed by atoms with Crippen molar-refractivity contribution < 1.29 is 8.78 Å². The van der Waals surface area contributed by atoms with Crippen LogP contribution >= 0.6 is 11.8 Å². The highest BCUT2D eigenvalue weighted by Gasteiger charge is 2.12. The zero-order valence-corrected chi connectivity index (χ0v) is 10.5. The van der Waals surface area contributed by atoms with E-state index in [9.17, 15) is 8.78 Å². The average Bonchev–Trinajstić information content (AvgIpc) is 2.35. The molecule has 0 aliphatic carbocycles. The minimum absolute atomic E-state index is 0.738. The fraction of sp³-hybridized carbons (Fsp3) is 0.538. The first-order valence-corrected chi connectivity index (χ1v) is 7.03. The van der Waals surface area contributed by atoms with Crippen LogP contribution in [0.3, 0.4) is 0 Å². The number of piperidine rings is 1. The number of hydrogen-bond donors (Lipinski definition) is 1. The maximum absolute atomic E-state index is 13.0. The first-order chi connectivity index (χ1) is 8.25. The molecule has 1 saturated heterocycles. The van der Waals surface area contributed by atoms with Crippen molar-refractivity contribution in [3.05, 3.63) is 29.8 Å². The zero-order chi connectivity index (χ0) is 12.1. The summed E-state index contributed by atoms with van der Waals surface area (Å²) >= 11 is 1.60. The Morgan fingerprint density at radius 1 is 1.29 bits per heavy atom. The maximum Gasteiger partial charge on any atom is 0.159 e. The van der Waals surface area contributed by atoms with Gasteiger partial charge in [-0.2, -0.15) is 0 Å². The van der Waals surface area contributed by atoms with Gasteiger partial charge in [0.1, 0.15) is 0 Å². The van der Waals surface area contributed by atoms with Gasteiger partial charge in [-0.25, -0.2) is 8.78 Å². The van der Waals surface area contributed by atoms with Crippen molar-refractivity contribution in [3.8, 4) is 0 Å². The van der Waals surface area contributed by atoms with Crippen molar-refractivity contribution in [1.82, 2.24) is 5.32 Å². The molecule has 0 bridgehead atoms. The Bertz CT molecular complexity index is 364. The summed E-state index contributed by atoms with van der Waals surface area (Å²) in [5, 5.41) is 3.38. The molecule has 94 valence electrons. The minimum atomic E-state index is -0.772. The van der Waals surface area contributed by atoms with Crippen LogP contribution in [0.5, 0.6) is 0 Å². The van der Waals surface area contributed by atoms with E-state index in [2.05, 4.69) is 5.32 Å². The summed E-state index contributed by atoms with van der Waals surface area (Å²) in [7, 11) is 0. The van der Waals surface area contributed by atoms with Crippen LogP contribution < -0.4 is 5.32 Å². The van der Waals surface area contributed by atoms with Gasteiger partial charge in [0.2, 0.25) is 0 Å². The smallest absolute Gasteiger partial charge is 0.159 e. The van der Waals surface area contributed by atoms with Crippen molar-refractivity contribution in [3.63, 3.8) is 0 Å². The fourth-order valence-electron chi connectivity index (χ4n) is 2.08. The summed E-state index contributed by atoms with van der Waals surface area (Å²) in [4.78, 5) is 0.813. The van der Waals surface area contributed by atoms with Gasteiger partial charge in [0.25, 0.3) is 0 Å². The van der Waals surface area contributed by atoms with Crippen molar-refractivity contribution in [2.24, 2.45) is 5.92 Å². The molecule has 0 amide bonds. The van der Waals surface area contributed by atoms with Gasteiger partial charge in [0.15, 0.2) is 11.6 Å². The summed E-state index contributed by atoms with van der Waals surface area (Å²) in [6, 6.07) is 4.11. The predicted octanol–water partition coefficient (Wildman–Crippen LogP) is 3.45. The molecule has 0 aromatic heterocycles. The maximum atomic E-state index is 13.0. The van der Waals surface area contributed by atoms with E-state index in [-0.39, 0.29) is 0 Å². The average molecular weight is 257 g/mol. The third-order valence-electron chi connectivity index (χ3n) is 3.08. The van der Waals surface area contributed by atoms with Crippen LogP contribution in [-0.4, -0.2) is 18.8 Å². The monoisotopic (exact) mass is 257 g/mol. The van der Waals surface area contributed by atoms with Crippen LogP contribution in [0.4, 0.5) is 8.78 Å². The van der Waals surface area contributed by atoms with Gasteiger partial charge < -0.3 is 5.32 Å². The van der Waals surface area contributed by atoms with Gasteiger partial charge in [-0.15, -0.1) is 11.8 Å². The molecule has 2 rings (SSSR count). The van der Waals surface area contributed by atoms with Crippen LogP contribution in [0, 0.1) is 17.6 Å². The summed E-state index contributed by atoms with van der Waals surface area (Å²) in [6.07, 6.45) is 3.67. The van der Waals surface area contributed by atoms with Crippen LogP contribution in [0.1, 0.15) is 19.3 Å². The summed E-state index contributed by atoms with van der Waals surface area (Å²) < 4.78 is 25.7. The molecule has 1 atom stereocenters. The molecule has 1 unspecified atom stereocenters. The molecule has 1 fully saturated rings. The van der Waals surface area contributed by atoms with Crippen LogP contribution in [0.2, 0.25) is 0 Å². The Kier molecular flexibility index (Phi) is 4.80. The van der Waals surface area contributed by atoms with Gasteiger partial charge in [0, 0.05) is 4.90 Å². The van der Waals surface area contributed by atoms with E-state index in [0.717, 1.165) is 36.1 Å². The lowest BCUT2D eigenvalue weighted by molar-refractivity contribution is 0.371. The highest BCUT2D eigenvalue weighted by atomic mass is 32.2. The molecular formula is C13H17F2NS. The van der Waals surface area contributed by atoms with Gasteiger partial charge in [-0.05, 0) is 62.2 Å². The highest BCUT2D eigenvalue weighted by Crippen LogP contribution is 2.24. The number of rotatable bonds is 4. The topological polar surface area (TPSA) is 12.0 Å². The molecule has 1 heterocycles. The van der Waals surface area contributed by atoms with E-state index >= 15 is 0 Å². The fourth-order valence-corrected chi connectivity index (χ4v) is 3.12. The molecule has 1 aromatic rings. The summed E-state index contributed by atoms with van der Waals surface area (Å²) in [5.41, 5.74) is 0. The number of halogens is 2. The van der Waals surface area contributed by atoms with Crippen molar-refractivity contribution in [1.29, 1.82) is 0 Å². The van der Waals surface area contributed by atoms with E-state index in [1.165, 1.54) is 25.0 Å². The normalized spacial score (nSPS) is 20.5. The lowest BCUT2D eigenvalue weighted by atomic mass is 9.97. The molecule has 0 spiro atoms. The Labute approximate surface area is 105 Å². The first-order valence-electron chi connectivity index (χ1n) is 6.04. The van der Waals surface area contributed by atoms with E-state index in [0.29, 0.717) is 0 Å². The lowest BCUT2D eigenvalue weighted by Gasteiger charge is -2.22. The molecule has 0 saturated carbocycles. The molecule has 1 aromatic carbocycles. The molecule has 1 nitrogen and oxygen atoms in total. The largest absolute Gasteiger partial charge is 0.316 e. The number of nitrogens with one attached hydrogen (secondary N) is 1. The van der Waals surface area contributed by atoms with E-state index < -0.39 is 11.6 Å². The van der Waals surface area contributed by atoms with Crippen LogP contribution in [0.15, 0.2) is 23.1 Å². The van der Waals surface area contributed by atoms with E-state index in [4.69, 9.17) is 0 Å².